The Hall–Kier alpha value is -2.14. The van der Waals surface area contributed by atoms with E-state index in [1.807, 2.05) is 0 Å². The second-order valence-electron chi connectivity index (χ2n) is 4.19. The van der Waals surface area contributed by atoms with Gasteiger partial charge >= 0.3 is 0 Å². The molecule has 0 aliphatic rings. The summed E-state index contributed by atoms with van der Waals surface area (Å²) < 4.78 is 19.2. The van der Waals surface area contributed by atoms with Crippen molar-refractivity contribution in [2.75, 3.05) is 12.4 Å². The highest BCUT2D eigenvalue weighted by Crippen LogP contribution is 2.19. The number of halogens is 2. The van der Waals surface area contributed by atoms with Crippen LogP contribution in [-0.2, 0) is 0 Å². The number of anilines is 1. The number of carbonyl (C=O) groups excluding carboxylic acids is 1. The average molecular weight is 350 g/mol. The van der Waals surface area contributed by atoms with Crippen molar-refractivity contribution in [1.29, 1.82) is 0 Å². The van der Waals surface area contributed by atoms with E-state index in [0.717, 1.165) is 0 Å². The number of methoxy groups -OCH3 is 1. The second kappa shape index (κ2) is 7.04. The van der Waals surface area contributed by atoms with Crippen LogP contribution in [0.4, 0.5) is 10.1 Å². The van der Waals surface area contributed by atoms with Crippen LogP contribution in [0.5, 0.6) is 5.75 Å². The first kappa shape index (κ1) is 15.3. The molecule has 0 heterocycles. The third kappa shape index (κ3) is 4.16. The van der Waals surface area contributed by atoms with Crippen molar-refractivity contribution in [3.05, 3.63) is 70.6 Å². The highest BCUT2D eigenvalue weighted by molar-refractivity contribution is 9.10. The summed E-state index contributed by atoms with van der Waals surface area (Å²) in [6.45, 7) is 0. The maximum Gasteiger partial charge on any atom is 0.187 e. The van der Waals surface area contributed by atoms with Crippen LogP contribution in [0.15, 0.2) is 59.2 Å². The molecular formula is C16H13BrFNO2. The van der Waals surface area contributed by atoms with E-state index in [1.165, 1.54) is 18.3 Å². The van der Waals surface area contributed by atoms with Crippen molar-refractivity contribution in [1.82, 2.24) is 0 Å². The quantitative estimate of drug-likeness (QED) is 0.641. The molecule has 0 bridgehead atoms. The van der Waals surface area contributed by atoms with Gasteiger partial charge in [0.25, 0.3) is 0 Å². The van der Waals surface area contributed by atoms with Crippen LogP contribution in [-0.4, -0.2) is 12.9 Å². The van der Waals surface area contributed by atoms with Gasteiger partial charge in [-0.3, -0.25) is 4.79 Å². The van der Waals surface area contributed by atoms with E-state index in [9.17, 15) is 9.18 Å². The van der Waals surface area contributed by atoms with Crippen LogP contribution in [0, 0.1) is 5.82 Å². The molecule has 0 spiro atoms. The van der Waals surface area contributed by atoms with Gasteiger partial charge in [0.1, 0.15) is 11.6 Å². The average Bonchev–Trinajstić information content (AvgIpc) is 2.49. The first-order valence-electron chi connectivity index (χ1n) is 6.16. The molecule has 2 rings (SSSR count). The monoisotopic (exact) mass is 349 g/mol. The van der Waals surface area contributed by atoms with E-state index in [0.29, 0.717) is 21.5 Å². The van der Waals surface area contributed by atoms with Gasteiger partial charge in [-0.05, 0) is 42.5 Å². The lowest BCUT2D eigenvalue weighted by Crippen LogP contribution is -1.97. The van der Waals surface area contributed by atoms with E-state index in [-0.39, 0.29) is 5.78 Å². The molecule has 0 aliphatic carbocycles. The molecule has 2 aromatic rings. The van der Waals surface area contributed by atoms with Crippen molar-refractivity contribution in [2.45, 2.75) is 0 Å². The molecular weight excluding hydrogens is 337 g/mol. The van der Waals surface area contributed by atoms with Gasteiger partial charge < -0.3 is 10.1 Å². The lowest BCUT2D eigenvalue weighted by atomic mass is 10.1. The zero-order valence-electron chi connectivity index (χ0n) is 11.3. The fourth-order valence-electron chi connectivity index (χ4n) is 1.67. The minimum absolute atomic E-state index is 0.178. The SMILES string of the molecule is COc1ccc(C(=O)C=CNc2ccc(Br)cc2F)cc1. The highest BCUT2D eigenvalue weighted by Gasteiger charge is 2.03. The van der Waals surface area contributed by atoms with Gasteiger partial charge in [-0.1, -0.05) is 15.9 Å². The highest BCUT2D eigenvalue weighted by atomic mass is 79.9. The smallest absolute Gasteiger partial charge is 0.187 e. The molecule has 0 saturated heterocycles. The van der Waals surface area contributed by atoms with Gasteiger partial charge in [-0.25, -0.2) is 4.39 Å². The van der Waals surface area contributed by atoms with Crippen LogP contribution >= 0.6 is 15.9 Å². The van der Waals surface area contributed by atoms with Gasteiger partial charge in [-0.2, -0.15) is 0 Å². The molecule has 3 nitrogen and oxygen atoms in total. The Labute approximate surface area is 130 Å². The molecule has 0 amide bonds. The third-order valence-electron chi connectivity index (χ3n) is 2.78. The predicted molar refractivity (Wildman–Crippen MR) is 84.2 cm³/mol. The molecule has 0 radical (unpaired) electrons. The minimum Gasteiger partial charge on any atom is -0.497 e. The van der Waals surface area contributed by atoms with Crippen LogP contribution < -0.4 is 10.1 Å². The number of carbonyl (C=O) groups is 1. The molecule has 0 aromatic heterocycles. The Bertz CT molecular complexity index is 668. The summed E-state index contributed by atoms with van der Waals surface area (Å²) in [5.41, 5.74) is 0.835. The molecule has 0 unspecified atom stereocenters. The Morgan fingerprint density at radius 2 is 1.95 bits per heavy atom. The lowest BCUT2D eigenvalue weighted by Gasteiger charge is -2.03. The number of hydrogen-bond acceptors (Lipinski definition) is 3. The van der Waals surface area contributed by atoms with Gasteiger partial charge in [0.05, 0.1) is 12.8 Å². The molecule has 0 saturated carbocycles. The first-order valence-corrected chi connectivity index (χ1v) is 6.96. The lowest BCUT2D eigenvalue weighted by molar-refractivity contribution is 0.104. The van der Waals surface area contributed by atoms with E-state index >= 15 is 0 Å². The molecule has 1 N–H and O–H groups in total. The van der Waals surface area contributed by atoms with Crippen LogP contribution in [0.3, 0.4) is 0 Å². The Kier molecular flexibility index (Phi) is 5.11. The van der Waals surface area contributed by atoms with Crippen LogP contribution in [0.2, 0.25) is 0 Å². The summed E-state index contributed by atoms with van der Waals surface area (Å²) in [4.78, 5) is 11.9. The summed E-state index contributed by atoms with van der Waals surface area (Å²) >= 11 is 3.18. The number of benzene rings is 2. The Balaban J connectivity index is 2.01. The predicted octanol–water partition coefficient (Wildman–Crippen LogP) is 4.41. The van der Waals surface area contributed by atoms with E-state index in [2.05, 4.69) is 21.2 Å². The molecule has 0 aliphatic heterocycles. The molecule has 108 valence electrons. The maximum atomic E-state index is 13.6. The Morgan fingerprint density at radius 3 is 2.57 bits per heavy atom. The Morgan fingerprint density at radius 1 is 1.24 bits per heavy atom. The maximum absolute atomic E-state index is 13.6. The summed E-state index contributed by atoms with van der Waals surface area (Å²) in [5, 5.41) is 2.74. The minimum atomic E-state index is -0.397. The zero-order valence-corrected chi connectivity index (χ0v) is 12.9. The number of ether oxygens (including phenoxy) is 1. The van der Waals surface area contributed by atoms with Crippen molar-refractivity contribution in [3.8, 4) is 5.75 Å². The third-order valence-corrected chi connectivity index (χ3v) is 3.27. The summed E-state index contributed by atoms with van der Waals surface area (Å²) in [6.07, 6.45) is 2.77. The molecule has 21 heavy (non-hydrogen) atoms. The van der Waals surface area contributed by atoms with Crippen LogP contribution in [0.1, 0.15) is 10.4 Å². The van der Waals surface area contributed by atoms with Crippen molar-refractivity contribution in [3.63, 3.8) is 0 Å². The zero-order chi connectivity index (χ0) is 15.2. The van der Waals surface area contributed by atoms with Crippen molar-refractivity contribution in [2.24, 2.45) is 0 Å². The molecule has 0 atom stereocenters. The second-order valence-corrected chi connectivity index (χ2v) is 5.11. The number of ketones is 1. The molecule has 2 aromatic carbocycles. The van der Waals surface area contributed by atoms with Gasteiger partial charge in [0.15, 0.2) is 5.78 Å². The molecule has 0 fully saturated rings. The van der Waals surface area contributed by atoms with E-state index in [1.54, 1.807) is 43.5 Å². The number of hydrogen-bond donors (Lipinski definition) is 1. The summed E-state index contributed by atoms with van der Waals surface area (Å²) in [6, 6.07) is 11.4. The van der Waals surface area contributed by atoms with Gasteiger partial charge in [0.2, 0.25) is 0 Å². The topological polar surface area (TPSA) is 38.3 Å². The first-order chi connectivity index (χ1) is 10.1. The van der Waals surface area contributed by atoms with Gasteiger partial charge in [0, 0.05) is 22.3 Å². The largest absolute Gasteiger partial charge is 0.497 e. The summed E-state index contributed by atoms with van der Waals surface area (Å²) in [7, 11) is 1.56. The van der Waals surface area contributed by atoms with Crippen molar-refractivity contribution >= 4 is 27.4 Å². The number of rotatable bonds is 5. The van der Waals surface area contributed by atoms with Crippen LogP contribution in [0.25, 0.3) is 0 Å². The normalized spacial score (nSPS) is 10.6. The fourth-order valence-corrected chi connectivity index (χ4v) is 2.00. The molecule has 5 heteroatoms. The number of nitrogens with one attached hydrogen (secondary N) is 1. The van der Waals surface area contributed by atoms with E-state index in [4.69, 9.17) is 4.74 Å². The van der Waals surface area contributed by atoms with Gasteiger partial charge in [-0.15, -0.1) is 0 Å². The fraction of sp³-hybridized carbons (Fsp3) is 0.0625. The summed E-state index contributed by atoms with van der Waals surface area (Å²) in [5.74, 6) is 0.110. The standard InChI is InChI=1S/C16H13BrFNO2/c1-21-13-5-2-11(3-6-13)16(20)8-9-19-15-7-4-12(17)10-14(15)18/h2-10,19H,1H3. The van der Waals surface area contributed by atoms with Crippen molar-refractivity contribution < 1.29 is 13.9 Å². The van der Waals surface area contributed by atoms with E-state index < -0.39 is 5.82 Å². The number of allylic oxidation sites excluding steroid dienone is 1.